The molecule has 3 aromatic rings. The second kappa shape index (κ2) is 10.2. The number of hydrogen-bond acceptors (Lipinski definition) is 6. The molecule has 2 aromatic carbocycles. The molecule has 0 spiro atoms. The van der Waals surface area contributed by atoms with E-state index < -0.39 is 12.0 Å². The molecule has 0 aliphatic carbocycles. The lowest BCUT2D eigenvalue weighted by atomic mass is 9.95. The summed E-state index contributed by atoms with van der Waals surface area (Å²) in [4.78, 5) is 31.6. The fourth-order valence-electron chi connectivity index (χ4n) is 3.92. The Morgan fingerprint density at radius 3 is 2.47 bits per heavy atom. The number of carbonyl (C=O) groups excluding carboxylic acids is 1. The average Bonchev–Trinajstić information content (AvgIpc) is 3.18. The third-order valence-electron chi connectivity index (χ3n) is 5.86. The summed E-state index contributed by atoms with van der Waals surface area (Å²) in [6.45, 7) is 6.06. The van der Waals surface area contributed by atoms with Gasteiger partial charge in [0.25, 0.3) is 5.56 Å². The number of fused-ring (bicyclic) bond motifs is 1. The topological polar surface area (TPSA) is 69.9 Å². The molecule has 2 heterocycles. The van der Waals surface area contributed by atoms with Crippen molar-refractivity contribution in [1.82, 2.24) is 4.57 Å². The van der Waals surface area contributed by atoms with Crippen LogP contribution in [0.4, 0.5) is 0 Å². The molecule has 0 unspecified atom stereocenters. The molecule has 0 radical (unpaired) electrons. The Bertz CT molecular complexity index is 1390. The maximum absolute atomic E-state index is 13.6. The minimum absolute atomic E-state index is 0.143. The van der Waals surface area contributed by atoms with Crippen LogP contribution in [0.15, 0.2) is 75.7 Å². The molecular formula is C27H28N2O4S. The van der Waals surface area contributed by atoms with E-state index in [9.17, 15) is 9.59 Å². The minimum atomic E-state index is -0.590. The summed E-state index contributed by atoms with van der Waals surface area (Å²) in [5.74, 6) is 0.327. The Labute approximate surface area is 202 Å². The SMILES string of the molecule is CCC1=C(C(=O)OC)[C@H](c2ccccc2)n2c(s/c(=C\c3ccc(O[C@@H](C)CC)cc3)c2=O)=N1. The van der Waals surface area contributed by atoms with E-state index in [2.05, 4.69) is 11.9 Å². The third kappa shape index (κ3) is 4.61. The number of allylic oxidation sites excluding steroid dienone is 1. The summed E-state index contributed by atoms with van der Waals surface area (Å²) >= 11 is 1.32. The van der Waals surface area contributed by atoms with Gasteiger partial charge in [0, 0.05) is 0 Å². The molecule has 7 heteroatoms. The molecule has 0 amide bonds. The van der Waals surface area contributed by atoms with E-state index in [1.807, 2.05) is 74.5 Å². The van der Waals surface area contributed by atoms with Crippen LogP contribution in [0, 0.1) is 0 Å². The van der Waals surface area contributed by atoms with Crippen LogP contribution in [-0.4, -0.2) is 23.8 Å². The lowest BCUT2D eigenvalue weighted by molar-refractivity contribution is -0.136. The second-order valence-corrected chi connectivity index (χ2v) is 9.11. The zero-order chi connectivity index (χ0) is 24.2. The first-order chi connectivity index (χ1) is 16.5. The van der Waals surface area contributed by atoms with Crippen molar-refractivity contribution in [2.75, 3.05) is 7.11 Å². The Balaban J connectivity index is 1.84. The van der Waals surface area contributed by atoms with Crippen LogP contribution in [0.1, 0.15) is 50.8 Å². The van der Waals surface area contributed by atoms with Gasteiger partial charge in [-0.05, 0) is 49.1 Å². The van der Waals surface area contributed by atoms with Gasteiger partial charge in [-0.1, -0.05) is 67.6 Å². The number of nitrogens with zero attached hydrogens (tertiary/aromatic N) is 2. The maximum Gasteiger partial charge on any atom is 0.338 e. The predicted octanol–water partition coefficient (Wildman–Crippen LogP) is 3.98. The van der Waals surface area contributed by atoms with Crippen molar-refractivity contribution in [2.24, 2.45) is 4.99 Å². The minimum Gasteiger partial charge on any atom is -0.491 e. The number of hydrogen-bond donors (Lipinski definition) is 0. The molecule has 1 aliphatic heterocycles. The highest BCUT2D eigenvalue weighted by atomic mass is 32.1. The first-order valence-corrected chi connectivity index (χ1v) is 12.2. The fraction of sp³-hybridized carbons (Fsp3) is 0.296. The van der Waals surface area contributed by atoms with Crippen LogP contribution >= 0.6 is 11.3 Å². The molecule has 2 atom stereocenters. The molecule has 0 fully saturated rings. The Morgan fingerprint density at radius 2 is 1.85 bits per heavy atom. The first kappa shape index (κ1) is 23.7. The molecule has 1 aromatic heterocycles. The molecular weight excluding hydrogens is 448 g/mol. The second-order valence-electron chi connectivity index (χ2n) is 8.10. The van der Waals surface area contributed by atoms with Crippen molar-refractivity contribution >= 4 is 23.4 Å². The summed E-state index contributed by atoms with van der Waals surface area (Å²) in [5, 5.41) is 0. The van der Waals surface area contributed by atoms with E-state index in [4.69, 9.17) is 9.47 Å². The van der Waals surface area contributed by atoms with Crippen molar-refractivity contribution in [2.45, 2.75) is 45.8 Å². The van der Waals surface area contributed by atoms with Crippen LogP contribution in [0.3, 0.4) is 0 Å². The molecule has 4 rings (SSSR count). The van der Waals surface area contributed by atoms with Crippen LogP contribution in [-0.2, 0) is 9.53 Å². The maximum atomic E-state index is 13.6. The van der Waals surface area contributed by atoms with Crippen LogP contribution in [0.25, 0.3) is 6.08 Å². The average molecular weight is 477 g/mol. The Kier molecular flexibility index (Phi) is 7.12. The fourth-order valence-corrected chi connectivity index (χ4v) is 4.94. The number of esters is 1. The van der Waals surface area contributed by atoms with Crippen molar-refractivity contribution in [3.8, 4) is 5.75 Å². The standard InChI is InChI=1S/C27H28N2O4S/c1-5-17(3)33-20-14-12-18(13-15-20)16-22-25(30)29-24(19-10-8-7-9-11-19)23(26(31)32-4)21(6-2)28-27(29)34-22/h7-17,24H,5-6H2,1-4H3/b22-16-/t17-,24-/m0/s1. The van der Waals surface area contributed by atoms with Gasteiger partial charge in [-0.25, -0.2) is 9.79 Å². The van der Waals surface area contributed by atoms with E-state index in [1.165, 1.54) is 18.4 Å². The van der Waals surface area contributed by atoms with Crippen LogP contribution in [0.5, 0.6) is 5.75 Å². The van der Waals surface area contributed by atoms with Crippen molar-refractivity contribution in [1.29, 1.82) is 0 Å². The highest BCUT2D eigenvalue weighted by Crippen LogP contribution is 2.31. The van der Waals surface area contributed by atoms with E-state index >= 15 is 0 Å². The molecule has 34 heavy (non-hydrogen) atoms. The van der Waals surface area contributed by atoms with E-state index in [0.717, 1.165) is 23.3 Å². The summed E-state index contributed by atoms with van der Waals surface area (Å²) in [5.41, 5.74) is 2.58. The van der Waals surface area contributed by atoms with Gasteiger partial charge in [-0.2, -0.15) is 0 Å². The van der Waals surface area contributed by atoms with Crippen LogP contribution in [0.2, 0.25) is 0 Å². The van der Waals surface area contributed by atoms with Gasteiger partial charge in [0.2, 0.25) is 0 Å². The quantitative estimate of drug-likeness (QED) is 0.484. The number of carbonyl (C=O) groups is 1. The molecule has 0 bridgehead atoms. The Hall–Kier alpha value is -3.45. The molecule has 176 valence electrons. The molecule has 6 nitrogen and oxygen atoms in total. The van der Waals surface area contributed by atoms with Gasteiger partial charge < -0.3 is 9.47 Å². The lowest BCUT2D eigenvalue weighted by Gasteiger charge is -2.25. The highest BCUT2D eigenvalue weighted by Gasteiger charge is 2.33. The third-order valence-corrected chi connectivity index (χ3v) is 6.84. The number of aromatic nitrogens is 1. The van der Waals surface area contributed by atoms with Gasteiger partial charge in [0.15, 0.2) is 4.80 Å². The number of ether oxygens (including phenoxy) is 2. The molecule has 0 saturated heterocycles. The van der Waals surface area contributed by atoms with Crippen molar-refractivity contribution < 1.29 is 14.3 Å². The zero-order valence-corrected chi connectivity index (χ0v) is 20.6. The first-order valence-electron chi connectivity index (χ1n) is 11.4. The van der Waals surface area contributed by atoms with Gasteiger partial charge in [-0.15, -0.1) is 0 Å². The summed E-state index contributed by atoms with van der Waals surface area (Å²) < 4.78 is 13.1. The Morgan fingerprint density at radius 1 is 1.15 bits per heavy atom. The number of thiazole rings is 1. The van der Waals surface area contributed by atoms with E-state index in [0.29, 0.717) is 27.0 Å². The summed E-state index contributed by atoms with van der Waals surface area (Å²) in [7, 11) is 1.35. The van der Waals surface area contributed by atoms with Crippen molar-refractivity contribution in [3.63, 3.8) is 0 Å². The van der Waals surface area contributed by atoms with E-state index in [1.54, 1.807) is 4.57 Å². The summed E-state index contributed by atoms with van der Waals surface area (Å²) in [6, 6.07) is 16.6. The largest absolute Gasteiger partial charge is 0.491 e. The van der Waals surface area contributed by atoms with Gasteiger partial charge >= 0.3 is 5.97 Å². The van der Waals surface area contributed by atoms with Gasteiger partial charge in [0.05, 0.1) is 35.1 Å². The van der Waals surface area contributed by atoms with Crippen molar-refractivity contribution in [3.05, 3.63) is 96.7 Å². The smallest absolute Gasteiger partial charge is 0.338 e. The molecule has 1 aliphatic rings. The summed E-state index contributed by atoms with van der Waals surface area (Å²) in [6.07, 6.45) is 3.48. The predicted molar refractivity (Wildman–Crippen MR) is 134 cm³/mol. The number of rotatable bonds is 7. The van der Waals surface area contributed by atoms with E-state index in [-0.39, 0.29) is 11.7 Å². The number of methoxy groups -OCH3 is 1. The molecule has 0 saturated carbocycles. The number of benzene rings is 2. The molecule has 0 N–H and O–H groups in total. The van der Waals surface area contributed by atoms with Crippen LogP contribution < -0.4 is 19.6 Å². The van der Waals surface area contributed by atoms with Gasteiger partial charge in [0.1, 0.15) is 5.75 Å². The lowest BCUT2D eigenvalue weighted by Crippen LogP contribution is -2.40. The zero-order valence-electron chi connectivity index (χ0n) is 19.8. The monoisotopic (exact) mass is 476 g/mol. The van der Waals surface area contributed by atoms with Gasteiger partial charge in [-0.3, -0.25) is 9.36 Å². The normalized spacial score (nSPS) is 16.6. The highest BCUT2D eigenvalue weighted by molar-refractivity contribution is 7.07.